The topological polar surface area (TPSA) is 55.5 Å². The SMILES string of the molecule is C[C@@H](N)c1ccc(Oc2ccccc2CO)c(F)c1. The molecule has 3 nitrogen and oxygen atoms in total. The van der Waals surface area contributed by atoms with E-state index in [1.807, 2.05) is 0 Å². The fourth-order valence-corrected chi connectivity index (χ4v) is 1.74. The summed E-state index contributed by atoms with van der Waals surface area (Å²) in [7, 11) is 0. The van der Waals surface area contributed by atoms with Crippen molar-refractivity contribution < 1.29 is 14.2 Å². The molecule has 2 aromatic rings. The molecule has 0 bridgehead atoms. The van der Waals surface area contributed by atoms with Gasteiger partial charge in [0.25, 0.3) is 0 Å². The van der Waals surface area contributed by atoms with E-state index in [1.165, 1.54) is 6.07 Å². The second kappa shape index (κ2) is 5.82. The maximum atomic E-state index is 13.9. The van der Waals surface area contributed by atoms with E-state index in [-0.39, 0.29) is 18.4 Å². The fourth-order valence-electron chi connectivity index (χ4n) is 1.74. The number of aliphatic hydroxyl groups is 1. The monoisotopic (exact) mass is 261 g/mol. The van der Waals surface area contributed by atoms with Crippen LogP contribution >= 0.6 is 0 Å². The fraction of sp³-hybridized carbons (Fsp3) is 0.200. The molecular formula is C15H16FNO2. The Hall–Kier alpha value is -1.91. The summed E-state index contributed by atoms with van der Waals surface area (Å²) in [5, 5.41) is 9.19. The first-order valence-electron chi connectivity index (χ1n) is 6.03. The number of hydrogen-bond acceptors (Lipinski definition) is 3. The quantitative estimate of drug-likeness (QED) is 0.889. The molecule has 0 saturated heterocycles. The maximum Gasteiger partial charge on any atom is 0.166 e. The van der Waals surface area contributed by atoms with Crippen molar-refractivity contribution in [2.75, 3.05) is 0 Å². The van der Waals surface area contributed by atoms with Gasteiger partial charge >= 0.3 is 0 Å². The van der Waals surface area contributed by atoms with Crippen molar-refractivity contribution in [1.82, 2.24) is 0 Å². The predicted octanol–water partition coefficient (Wildman–Crippen LogP) is 3.13. The van der Waals surface area contributed by atoms with Gasteiger partial charge in [0.1, 0.15) is 5.75 Å². The standard InChI is InChI=1S/C15H16FNO2/c1-10(17)11-6-7-15(13(16)8-11)19-14-5-3-2-4-12(14)9-18/h2-8,10,18H,9,17H2,1H3/t10-/m1/s1. The van der Waals surface area contributed by atoms with Crippen LogP contribution in [0.2, 0.25) is 0 Å². The molecule has 0 aliphatic carbocycles. The largest absolute Gasteiger partial charge is 0.454 e. The van der Waals surface area contributed by atoms with Gasteiger partial charge in [0.2, 0.25) is 0 Å². The minimum absolute atomic E-state index is 0.116. The molecule has 0 unspecified atom stereocenters. The minimum atomic E-state index is -0.470. The molecular weight excluding hydrogens is 245 g/mol. The van der Waals surface area contributed by atoms with Gasteiger partial charge in [-0.1, -0.05) is 24.3 Å². The lowest BCUT2D eigenvalue weighted by atomic mass is 10.1. The van der Waals surface area contributed by atoms with Crippen LogP contribution in [0.15, 0.2) is 42.5 Å². The summed E-state index contributed by atoms with van der Waals surface area (Å²) >= 11 is 0. The van der Waals surface area contributed by atoms with Crippen molar-refractivity contribution in [3.05, 3.63) is 59.4 Å². The molecule has 1 atom stereocenters. The molecule has 0 aliphatic heterocycles. The highest BCUT2D eigenvalue weighted by Gasteiger charge is 2.10. The van der Waals surface area contributed by atoms with Gasteiger partial charge in [-0.25, -0.2) is 4.39 Å². The third-order valence-electron chi connectivity index (χ3n) is 2.84. The van der Waals surface area contributed by atoms with Crippen molar-refractivity contribution >= 4 is 0 Å². The second-order valence-corrected chi connectivity index (χ2v) is 4.35. The smallest absolute Gasteiger partial charge is 0.166 e. The van der Waals surface area contributed by atoms with Crippen LogP contribution in [0.4, 0.5) is 4.39 Å². The van der Waals surface area contributed by atoms with Gasteiger partial charge in [0.05, 0.1) is 6.61 Å². The molecule has 0 radical (unpaired) electrons. The zero-order valence-electron chi connectivity index (χ0n) is 10.6. The molecule has 0 aliphatic rings. The summed E-state index contributed by atoms with van der Waals surface area (Å²) in [5.41, 5.74) is 7.01. The number of halogens is 1. The first-order chi connectivity index (χ1) is 9.11. The van der Waals surface area contributed by atoms with Crippen molar-refractivity contribution in [3.8, 4) is 11.5 Å². The van der Waals surface area contributed by atoms with E-state index in [9.17, 15) is 9.50 Å². The normalized spacial score (nSPS) is 12.2. The van der Waals surface area contributed by atoms with Crippen molar-refractivity contribution in [2.24, 2.45) is 5.73 Å². The van der Waals surface area contributed by atoms with Crippen molar-refractivity contribution in [1.29, 1.82) is 0 Å². The molecule has 0 aromatic heterocycles. The lowest BCUT2D eigenvalue weighted by molar-refractivity contribution is 0.276. The predicted molar refractivity (Wildman–Crippen MR) is 71.4 cm³/mol. The molecule has 4 heteroatoms. The molecule has 0 saturated carbocycles. The number of aliphatic hydroxyl groups excluding tert-OH is 1. The average molecular weight is 261 g/mol. The molecule has 0 fully saturated rings. The van der Waals surface area contributed by atoms with E-state index in [1.54, 1.807) is 43.3 Å². The van der Waals surface area contributed by atoms with E-state index in [0.29, 0.717) is 16.9 Å². The number of ether oxygens (including phenoxy) is 1. The number of benzene rings is 2. The summed E-state index contributed by atoms with van der Waals surface area (Å²) in [4.78, 5) is 0. The van der Waals surface area contributed by atoms with E-state index < -0.39 is 5.82 Å². The van der Waals surface area contributed by atoms with Gasteiger partial charge in [-0.3, -0.25) is 0 Å². The Kier molecular flexibility index (Phi) is 4.14. The Labute approximate surface area is 111 Å². The van der Waals surface area contributed by atoms with Gasteiger partial charge in [-0.05, 0) is 30.7 Å². The van der Waals surface area contributed by atoms with Gasteiger partial charge in [0.15, 0.2) is 11.6 Å². The first-order valence-corrected chi connectivity index (χ1v) is 6.03. The van der Waals surface area contributed by atoms with Gasteiger partial charge in [0, 0.05) is 11.6 Å². The summed E-state index contributed by atoms with van der Waals surface area (Å²) in [5.74, 6) is 0.0882. The molecule has 0 spiro atoms. The lowest BCUT2D eigenvalue weighted by Gasteiger charge is -2.12. The first kappa shape index (κ1) is 13.5. The van der Waals surface area contributed by atoms with Crippen LogP contribution in [-0.2, 0) is 6.61 Å². The minimum Gasteiger partial charge on any atom is -0.454 e. The number of para-hydroxylation sites is 1. The van der Waals surface area contributed by atoms with Crippen LogP contribution in [0.5, 0.6) is 11.5 Å². The zero-order chi connectivity index (χ0) is 13.8. The van der Waals surface area contributed by atoms with E-state index in [0.717, 1.165) is 0 Å². The summed E-state index contributed by atoms with van der Waals surface area (Å²) in [6.45, 7) is 1.63. The molecule has 2 rings (SSSR count). The highest BCUT2D eigenvalue weighted by Crippen LogP contribution is 2.28. The lowest BCUT2D eigenvalue weighted by Crippen LogP contribution is -2.05. The van der Waals surface area contributed by atoms with E-state index in [4.69, 9.17) is 10.5 Å². The Morgan fingerprint density at radius 3 is 2.58 bits per heavy atom. The van der Waals surface area contributed by atoms with E-state index in [2.05, 4.69) is 0 Å². The summed E-state index contributed by atoms with van der Waals surface area (Å²) in [6, 6.07) is 11.4. The highest BCUT2D eigenvalue weighted by molar-refractivity contribution is 5.39. The highest BCUT2D eigenvalue weighted by atomic mass is 19.1. The second-order valence-electron chi connectivity index (χ2n) is 4.35. The maximum absolute atomic E-state index is 13.9. The number of rotatable bonds is 4. The summed E-state index contributed by atoms with van der Waals surface area (Å²) < 4.78 is 19.4. The Bertz CT molecular complexity index is 570. The number of hydrogen-bond donors (Lipinski definition) is 2. The van der Waals surface area contributed by atoms with Gasteiger partial charge in [-0.15, -0.1) is 0 Å². The molecule has 100 valence electrons. The average Bonchev–Trinajstić information content (AvgIpc) is 2.41. The van der Waals surface area contributed by atoms with Crippen molar-refractivity contribution in [2.45, 2.75) is 19.6 Å². The van der Waals surface area contributed by atoms with E-state index >= 15 is 0 Å². The molecule has 0 amide bonds. The Morgan fingerprint density at radius 1 is 1.21 bits per heavy atom. The molecule has 2 aromatic carbocycles. The molecule has 19 heavy (non-hydrogen) atoms. The zero-order valence-corrected chi connectivity index (χ0v) is 10.6. The molecule has 0 heterocycles. The molecule has 3 N–H and O–H groups in total. The van der Waals surface area contributed by atoms with Crippen LogP contribution in [0, 0.1) is 5.82 Å². The van der Waals surface area contributed by atoms with Crippen molar-refractivity contribution in [3.63, 3.8) is 0 Å². The van der Waals surface area contributed by atoms with Crippen LogP contribution in [0.1, 0.15) is 24.1 Å². The summed E-state index contributed by atoms with van der Waals surface area (Å²) in [6.07, 6.45) is 0. The van der Waals surface area contributed by atoms with Crippen LogP contribution in [0.3, 0.4) is 0 Å². The third-order valence-corrected chi connectivity index (χ3v) is 2.84. The number of nitrogens with two attached hydrogens (primary N) is 1. The van der Waals surface area contributed by atoms with Crippen LogP contribution in [-0.4, -0.2) is 5.11 Å². The van der Waals surface area contributed by atoms with Gasteiger partial charge in [-0.2, -0.15) is 0 Å². The Balaban J connectivity index is 2.28. The Morgan fingerprint density at radius 2 is 1.95 bits per heavy atom. The van der Waals surface area contributed by atoms with Gasteiger partial charge < -0.3 is 15.6 Å². The third kappa shape index (κ3) is 3.10. The van der Waals surface area contributed by atoms with Crippen LogP contribution < -0.4 is 10.5 Å². The van der Waals surface area contributed by atoms with Crippen LogP contribution in [0.25, 0.3) is 0 Å².